The van der Waals surface area contributed by atoms with Crippen molar-refractivity contribution in [2.24, 2.45) is 7.05 Å². The second-order valence-corrected chi connectivity index (χ2v) is 4.68. The summed E-state index contributed by atoms with van der Waals surface area (Å²) in [5, 5.41) is 14.3. The van der Waals surface area contributed by atoms with Crippen molar-refractivity contribution < 1.29 is 4.92 Å². The Morgan fingerprint density at radius 1 is 1.40 bits per heavy atom. The summed E-state index contributed by atoms with van der Waals surface area (Å²) in [6, 6.07) is 9.98. The number of nitro groups is 1. The van der Waals surface area contributed by atoms with Crippen LogP contribution in [0.2, 0.25) is 0 Å². The summed E-state index contributed by atoms with van der Waals surface area (Å²) in [5.41, 5.74) is 1.12. The van der Waals surface area contributed by atoms with Gasteiger partial charge < -0.3 is 15.4 Å². The average Bonchev–Trinajstić information content (AvgIpc) is 2.81. The van der Waals surface area contributed by atoms with E-state index in [2.05, 4.69) is 17.2 Å². The van der Waals surface area contributed by atoms with Crippen LogP contribution in [-0.4, -0.2) is 14.5 Å². The number of hydrogen-bond acceptors (Lipinski definition) is 4. The Kier molecular flexibility index (Phi) is 4.34. The minimum Gasteiger partial charge on any atom is -0.358 e. The lowest BCUT2D eigenvalue weighted by Gasteiger charge is -2.19. The van der Waals surface area contributed by atoms with Crippen molar-refractivity contribution in [1.29, 1.82) is 0 Å². The van der Waals surface area contributed by atoms with Gasteiger partial charge in [0.2, 0.25) is 12.1 Å². The molecule has 0 bridgehead atoms. The van der Waals surface area contributed by atoms with Gasteiger partial charge >= 0.3 is 5.82 Å². The second kappa shape index (κ2) is 6.18. The van der Waals surface area contributed by atoms with Crippen LogP contribution in [-0.2, 0) is 7.05 Å². The van der Waals surface area contributed by atoms with Crippen molar-refractivity contribution in [3.63, 3.8) is 0 Å². The van der Waals surface area contributed by atoms with E-state index < -0.39 is 4.92 Å². The molecule has 0 radical (unpaired) electrons. The number of nitrogens with one attached hydrogen (secondary N) is 1. The standard InChI is InChI=1S/C14H18N4O2/c1-3-7-12(11-8-5-4-6-9-11)16-14-13(18(19)20)15-10-17(14)2/h4-6,8-10,12,16H,3,7H2,1-2H3. The molecule has 2 rings (SSSR count). The third-order valence-electron chi connectivity index (χ3n) is 3.18. The number of nitrogens with zero attached hydrogens (tertiary/aromatic N) is 3. The molecule has 106 valence electrons. The van der Waals surface area contributed by atoms with Crippen molar-refractivity contribution in [2.75, 3.05) is 5.32 Å². The topological polar surface area (TPSA) is 73.0 Å². The number of aryl methyl sites for hydroxylation is 1. The summed E-state index contributed by atoms with van der Waals surface area (Å²) in [5.74, 6) is 0.307. The summed E-state index contributed by atoms with van der Waals surface area (Å²) in [6.07, 6.45) is 3.33. The largest absolute Gasteiger partial charge is 0.406 e. The number of hydrogen-bond donors (Lipinski definition) is 1. The van der Waals surface area contributed by atoms with Gasteiger partial charge in [-0.3, -0.25) is 4.57 Å². The highest BCUT2D eigenvalue weighted by molar-refractivity contribution is 5.53. The molecule has 0 aliphatic rings. The lowest BCUT2D eigenvalue weighted by atomic mass is 10.0. The van der Waals surface area contributed by atoms with Crippen molar-refractivity contribution in [3.05, 3.63) is 52.3 Å². The average molecular weight is 274 g/mol. The van der Waals surface area contributed by atoms with Gasteiger partial charge in [-0.1, -0.05) is 43.7 Å². The fraction of sp³-hybridized carbons (Fsp3) is 0.357. The minimum atomic E-state index is -0.462. The van der Waals surface area contributed by atoms with E-state index in [1.807, 2.05) is 30.3 Å². The molecule has 1 aromatic carbocycles. The molecule has 6 nitrogen and oxygen atoms in total. The molecule has 1 atom stereocenters. The zero-order valence-corrected chi connectivity index (χ0v) is 11.6. The van der Waals surface area contributed by atoms with Gasteiger partial charge in [-0.15, -0.1) is 0 Å². The summed E-state index contributed by atoms with van der Waals surface area (Å²) in [4.78, 5) is 14.4. The molecule has 0 aliphatic heterocycles. The SMILES string of the molecule is CCCC(Nc1c([N+](=O)[O-])ncn1C)c1ccccc1. The predicted octanol–water partition coefficient (Wildman–Crippen LogP) is 3.28. The van der Waals surface area contributed by atoms with Crippen LogP contribution in [0.15, 0.2) is 36.7 Å². The summed E-state index contributed by atoms with van der Waals surface area (Å²) in [7, 11) is 1.75. The summed E-state index contributed by atoms with van der Waals surface area (Å²) >= 11 is 0. The molecule has 1 aromatic heterocycles. The van der Waals surface area contributed by atoms with E-state index in [0.29, 0.717) is 5.82 Å². The molecular formula is C14H18N4O2. The Labute approximate surface area is 117 Å². The number of benzene rings is 1. The van der Waals surface area contributed by atoms with Gasteiger partial charge in [0.25, 0.3) is 0 Å². The van der Waals surface area contributed by atoms with E-state index in [4.69, 9.17) is 0 Å². The molecule has 20 heavy (non-hydrogen) atoms. The molecule has 1 heterocycles. The van der Waals surface area contributed by atoms with Crippen LogP contribution < -0.4 is 5.32 Å². The highest BCUT2D eigenvalue weighted by atomic mass is 16.6. The van der Waals surface area contributed by atoms with Gasteiger partial charge in [0, 0.05) is 7.05 Å². The first-order valence-corrected chi connectivity index (χ1v) is 6.60. The quantitative estimate of drug-likeness (QED) is 0.648. The monoisotopic (exact) mass is 274 g/mol. The fourth-order valence-electron chi connectivity index (χ4n) is 2.18. The molecule has 1 unspecified atom stereocenters. The van der Waals surface area contributed by atoms with Crippen LogP contribution in [0.1, 0.15) is 31.4 Å². The number of imidazole rings is 1. The highest BCUT2D eigenvalue weighted by Crippen LogP contribution is 2.28. The molecule has 0 saturated carbocycles. The van der Waals surface area contributed by atoms with Crippen LogP contribution in [0.4, 0.5) is 11.6 Å². The molecule has 0 aliphatic carbocycles. The van der Waals surface area contributed by atoms with Gasteiger partial charge in [-0.05, 0) is 21.9 Å². The molecule has 2 aromatic rings. The molecule has 0 fully saturated rings. The Bertz CT molecular complexity index is 580. The molecular weight excluding hydrogens is 256 g/mol. The van der Waals surface area contributed by atoms with Gasteiger partial charge in [0.1, 0.15) is 0 Å². The fourth-order valence-corrected chi connectivity index (χ4v) is 2.18. The molecule has 6 heteroatoms. The smallest absolute Gasteiger partial charge is 0.358 e. The van der Waals surface area contributed by atoms with Crippen LogP contribution in [0, 0.1) is 10.1 Å². The van der Waals surface area contributed by atoms with Crippen LogP contribution in [0.5, 0.6) is 0 Å². The molecule has 0 saturated heterocycles. The molecule has 0 amide bonds. The van der Waals surface area contributed by atoms with E-state index in [-0.39, 0.29) is 11.9 Å². The van der Waals surface area contributed by atoms with Crippen molar-refractivity contribution in [3.8, 4) is 0 Å². The van der Waals surface area contributed by atoms with E-state index in [0.717, 1.165) is 18.4 Å². The second-order valence-electron chi connectivity index (χ2n) is 4.68. The van der Waals surface area contributed by atoms with Gasteiger partial charge in [0.15, 0.2) is 0 Å². The molecule has 1 N–H and O–H groups in total. The van der Waals surface area contributed by atoms with Gasteiger partial charge in [-0.2, -0.15) is 0 Å². The zero-order valence-electron chi connectivity index (χ0n) is 11.6. The Balaban J connectivity index is 2.29. The Morgan fingerprint density at radius 2 is 2.10 bits per heavy atom. The first-order chi connectivity index (χ1) is 9.63. The highest BCUT2D eigenvalue weighted by Gasteiger charge is 2.23. The normalized spacial score (nSPS) is 12.1. The first-order valence-electron chi connectivity index (χ1n) is 6.60. The third-order valence-corrected chi connectivity index (χ3v) is 3.18. The summed E-state index contributed by atoms with van der Waals surface area (Å²) < 4.78 is 1.64. The van der Waals surface area contributed by atoms with Crippen molar-refractivity contribution >= 4 is 11.6 Å². The van der Waals surface area contributed by atoms with Crippen molar-refractivity contribution in [2.45, 2.75) is 25.8 Å². The maximum atomic E-state index is 11.0. The lowest BCUT2D eigenvalue weighted by Crippen LogP contribution is -2.13. The number of anilines is 1. The lowest BCUT2D eigenvalue weighted by molar-refractivity contribution is -0.388. The van der Waals surface area contributed by atoms with Gasteiger partial charge in [0.05, 0.1) is 6.04 Å². The van der Waals surface area contributed by atoms with Crippen LogP contribution >= 0.6 is 0 Å². The minimum absolute atomic E-state index is 0.0373. The van der Waals surface area contributed by atoms with E-state index >= 15 is 0 Å². The maximum Gasteiger partial charge on any atom is 0.406 e. The van der Waals surface area contributed by atoms with E-state index in [1.54, 1.807) is 11.6 Å². The van der Waals surface area contributed by atoms with E-state index in [1.165, 1.54) is 6.33 Å². The van der Waals surface area contributed by atoms with E-state index in [9.17, 15) is 10.1 Å². The summed E-state index contributed by atoms with van der Waals surface area (Å²) in [6.45, 7) is 2.09. The number of rotatable bonds is 6. The van der Waals surface area contributed by atoms with Crippen LogP contribution in [0.25, 0.3) is 0 Å². The van der Waals surface area contributed by atoms with Crippen molar-refractivity contribution in [1.82, 2.24) is 9.55 Å². The third kappa shape index (κ3) is 2.96. The Hall–Kier alpha value is -2.37. The zero-order chi connectivity index (χ0) is 14.5. The van der Waals surface area contributed by atoms with Gasteiger partial charge in [-0.25, -0.2) is 0 Å². The number of aromatic nitrogens is 2. The Morgan fingerprint density at radius 3 is 2.70 bits per heavy atom. The molecule has 0 spiro atoms. The van der Waals surface area contributed by atoms with Crippen LogP contribution in [0.3, 0.4) is 0 Å². The first kappa shape index (κ1) is 14.0. The predicted molar refractivity (Wildman–Crippen MR) is 77.6 cm³/mol. The maximum absolute atomic E-state index is 11.0.